The topological polar surface area (TPSA) is 62.7 Å². The maximum Gasteiger partial charge on any atom is 0.336 e. The number of pyridine rings is 1. The van der Waals surface area contributed by atoms with Gasteiger partial charge in [0.1, 0.15) is 0 Å². The van der Waals surface area contributed by atoms with Crippen molar-refractivity contribution in [3.63, 3.8) is 0 Å². The van der Waals surface area contributed by atoms with Crippen molar-refractivity contribution in [2.45, 2.75) is 32.1 Å². The van der Waals surface area contributed by atoms with Crippen LogP contribution < -0.4 is 0 Å². The monoisotopic (exact) mass is 326 g/mol. The van der Waals surface area contributed by atoms with Crippen LogP contribution in [0.3, 0.4) is 0 Å². The molecule has 24 heavy (non-hydrogen) atoms. The van der Waals surface area contributed by atoms with Crippen LogP contribution >= 0.6 is 0 Å². The third kappa shape index (κ3) is 4.40. The summed E-state index contributed by atoms with van der Waals surface area (Å²) in [4.78, 5) is 17.9. The Morgan fingerprint density at radius 3 is 2.88 bits per heavy atom. The Morgan fingerprint density at radius 1 is 1.25 bits per heavy atom. The molecule has 0 aliphatic carbocycles. The predicted molar refractivity (Wildman–Crippen MR) is 90.7 cm³/mol. The van der Waals surface area contributed by atoms with Crippen molar-refractivity contribution in [2.75, 3.05) is 13.1 Å². The fourth-order valence-electron chi connectivity index (χ4n) is 3.09. The van der Waals surface area contributed by atoms with E-state index in [9.17, 15) is 9.90 Å². The highest BCUT2D eigenvalue weighted by Crippen LogP contribution is 2.19. The number of benzene rings is 1. The minimum absolute atomic E-state index is 0.165. The number of likely N-dealkylation sites (tertiary alicyclic amines) is 1. The minimum Gasteiger partial charge on any atom is -0.478 e. The Balaban J connectivity index is 1.57. The van der Waals surface area contributed by atoms with Crippen molar-refractivity contribution < 1.29 is 14.6 Å². The summed E-state index contributed by atoms with van der Waals surface area (Å²) in [5, 5.41) is 9.31. The molecule has 1 atom stereocenters. The van der Waals surface area contributed by atoms with Crippen molar-refractivity contribution >= 4 is 5.97 Å². The number of carboxylic acid groups (broad SMARTS) is 1. The number of carboxylic acids is 1. The maximum absolute atomic E-state index is 11.3. The van der Waals surface area contributed by atoms with E-state index in [2.05, 4.69) is 9.88 Å². The summed E-state index contributed by atoms with van der Waals surface area (Å²) in [5.41, 5.74) is 2.18. The number of nitrogens with zero attached hydrogens (tertiary/aromatic N) is 2. The van der Waals surface area contributed by atoms with Gasteiger partial charge in [0, 0.05) is 19.3 Å². The Labute approximate surface area is 141 Å². The molecule has 1 fully saturated rings. The van der Waals surface area contributed by atoms with E-state index in [-0.39, 0.29) is 6.10 Å². The van der Waals surface area contributed by atoms with E-state index in [0.29, 0.717) is 18.7 Å². The highest BCUT2D eigenvalue weighted by atomic mass is 16.5. The van der Waals surface area contributed by atoms with Gasteiger partial charge in [0.05, 0.1) is 24.0 Å². The summed E-state index contributed by atoms with van der Waals surface area (Å²) in [6.07, 6.45) is 4.03. The van der Waals surface area contributed by atoms with E-state index in [1.165, 1.54) is 0 Å². The van der Waals surface area contributed by atoms with E-state index in [4.69, 9.17) is 4.74 Å². The standard InChI is InChI=1S/C19H22N2O3/c22-19(23)18-9-2-1-6-15(18)12-21-11-5-8-17(13-21)24-14-16-7-3-4-10-20-16/h1-4,6-7,9-10,17H,5,8,11-14H2,(H,22,23). The molecule has 5 heteroatoms. The second kappa shape index (κ2) is 8.04. The third-order valence-electron chi connectivity index (χ3n) is 4.30. The molecule has 2 heterocycles. The summed E-state index contributed by atoms with van der Waals surface area (Å²) in [6, 6.07) is 13.0. The van der Waals surface area contributed by atoms with Crippen molar-refractivity contribution in [1.82, 2.24) is 9.88 Å². The van der Waals surface area contributed by atoms with Gasteiger partial charge in [-0.15, -0.1) is 0 Å². The lowest BCUT2D eigenvalue weighted by molar-refractivity contribution is -0.0133. The molecule has 1 aliphatic heterocycles. The first kappa shape index (κ1) is 16.6. The molecule has 1 aromatic carbocycles. The summed E-state index contributed by atoms with van der Waals surface area (Å²) >= 11 is 0. The SMILES string of the molecule is O=C(O)c1ccccc1CN1CCCC(OCc2ccccn2)C1. The number of piperidine rings is 1. The third-order valence-corrected chi connectivity index (χ3v) is 4.30. The number of ether oxygens (including phenoxy) is 1. The summed E-state index contributed by atoms with van der Waals surface area (Å²) in [5.74, 6) is -0.870. The lowest BCUT2D eigenvalue weighted by atomic mass is 10.0. The number of aromatic carboxylic acids is 1. The molecule has 1 N–H and O–H groups in total. The van der Waals surface area contributed by atoms with Gasteiger partial charge in [0.15, 0.2) is 0 Å². The fourth-order valence-corrected chi connectivity index (χ4v) is 3.09. The Hall–Kier alpha value is -2.24. The van der Waals surface area contributed by atoms with Crippen LogP contribution in [0.1, 0.15) is 34.5 Å². The second-order valence-electron chi connectivity index (χ2n) is 6.09. The Kier molecular flexibility index (Phi) is 5.56. The molecule has 2 aromatic rings. The van der Waals surface area contributed by atoms with Crippen LogP contribution in [-0.2, 0) is 17.9 Å². The van der Waals surface area contributed by atoms with Crippen LogP contribution in [0.15, 0.2) is 48.7 Å². The smallest absolute Gasteiger partial charge is 0.336 e. The van der Waals surface area contributed by atoms with Gasteiger partial charge in [-0.1, -0.05) is 24.3 Å². The van der Waals surface area contributed by atoms with Gasteiger partial charge in [0.25, 0.3) is 0 Å². The zero-order chi connectivity index (χ0) is 16.8. The predicted octanol–water partition coefficient (Wildman–Crippen LogP) is 2.96. The molecule has 126 valence electrons. The lowest BCUT2D eigenvalue weighted by Gasteiger charge is -2.32. The molecule has 3 rings (SSSR count). The maximum atomic E-state index is 11.3. The molecule has 0 radical (unpaired) electrons. The minimum atomic E-state index is -0.870. The van der Waals surface area contributed by atoms with Crippen molar-refractivity contribution in [1.29, 1.82) is 0 Å². The van der Waals surface area contributed by atoms with Gasteiger partial charge < -0.3 is 9.84 Å². The number of hydrogen-bond acceptors (Lipinski definition) is 4. The summed E-state index contributed by atoms with van der Waals surface area (Å²) in [7, 11) is 0. The van der Waals surface area contributed by atoms with Crippen molar-refractivity contribution in [3.05, 3.63) is 65.5 Å². The van der Waals surface area contributed by atoms with Crippen LogP contribution in [0, 0.1) is 0 Å². The molecule has 0 amide bonds. The van der Waals surface area contributed by atoms with E-state index >= 15 is 0 Å². The number of hydrogen-bond donors (Lipinski definition) is 1. The Bertz CT molecular complexity index is 675. The fraction of sp³-hybridized carbons (Fsp3) is 0.368. The van der Waals surface area contributed by atoms with Gasteiger partial charge in [-0.25, -0.2) is 4.79 Å². The van der Waals surface area contributed by atoms with Crippen molar-refractivity contribution in [2.24, 2.45) is 0 Å². The Morgan fingerprint density at radius 2 is 2.08 bits per heavy atom. The van der Waals surface area contributed by atoms with Crippen LogP contribution in [0.5, 0.6) is 0 Å². The molecule has 0 bridgehead atoms. The highest BCUT2D eigenvalue weighted by molar-refractivity contribution is 5.89. The van der Waals surface area contributed by atoms with Crippen LogP contribution in [0.2, 0.25) is 0 Å². The second-order valence-corrected chi connectivity index (χ2v) is 6.09. The van der Waals surface area contributed by atoms with E-state index in [1.54, 1.807) is 18.3 Å². The van der Waals surface area contributed by atoms with Gasteiger partial charge in [-0.3, -0.25) is 9.88 Å². The average molecular weight is 326 g/mol. The number of carbonyl (C=O) groups is 1. The van der Waals surface area contributed by atoms with Gasteiger partial charge in [-0.2, -0.15) is 0 Å². The quantitative estimate of drug-likeness (QED) is 0.884. The summed E-state index contributed by atoms with van der Waals surface area (Å²) < 4.78 is 5.99. The van der Waals surface area contributed by atoms with E-state index in [1.807, 2.05) is 30.3 Å². The zero-order valence-corrected chi connectivity index (χ0v) is 13.6. The molecule has 1 aromatic heterocycles. The largest absolute Gasteiger partial charge is 0.478 e. The number of rotatable bonds is 6. The first-order chi connectivity index (χ1) is 11.7. The molecule has 1 saturated heterocycles. The lowest BCUT2D eigenvalue weighted by Crippen LogP contribution is -2.39. The molecule has 1 unspecified atom stereocenters. The highest BCUT2D eigenvalue weighted by Gasteiger charge is 2.22. The van der Waals surface area contributed by atoms with Crippen LogP contribution in [0.4, 0.5) is 0 Å². The van der Waals surface area contributed by atoms with E-state index in [0.717, 1.165) is 37.2 Å². The first-order valence-electron chi connectivity index (χ1n) is 8.27. The molecule has 1 aliphatic rings. The number of aromatic nitrogens is 1. The van der Waals surface area contributed by atoms with Gasteiger partial charge in [-0.05, 0) is 43.1 Å². The first-order valence-corrected chi connectivity index (χ1v) is 8.27. The van der Waals surface area contributed by atoms with Gasteiger partial charge >= 0.3 is 5.97 Å². The molecule has 5 nitrogen and oxygen atoms in total. The summed E-state index contributed by atoms with van der Waals surface area (Å²) in [6.45, 7) is 2.95. The molecule has 0 spiro atoms. The van der Waals surface area contributed by atoms with Crippen LogP contribution in [-0.4, -0.2) is 40.2 Å². The van der Waals surface area contributed by atoms with Gasteiger partial charge in [0.2, 0.25) is 0 Å². The molecular weight excluding hydrogens is 304 g/mol. The normalized spacial score (nSPS) is 18.4. The zero-order valence-electron chi connectivity index (χ0n) is 13.6. The average Bonchev–Trinajstić information content (AvgIpc) is 2.61. The molecule has 0 saturated carbocycles. The van der Waals surface area contributed by atoms with Crippen molar-refractivity contribution in [3.8, 4) is 0 Å². The van der Waals surface area contributed by atoms with E-state index < -0.39 is 5.97 Å². The molecular formula is C19H22N2O3. The van der Waals surface area contributed by atoms with Crippen LogP contribution in [0.25, 0.3) is 0 Å².